The summed E-state index contributed by atoms with van der Waals surface area (Å²) in [4.78, 5) is 39.7. The van der Waals surface area contributed by atoms with Gasteiger partial charge in [0, 0.05) is 33.4 Å². The molecule has 2 aromatic rings. The van der Waals surface area contributed by atoms with Gasteiger partial charge in [-0.2, -0.15) is 0 Å². The largest absolute Gasteiger partial charge is 0.496 e. The Labute approximate surface area is 221 Å². The molecule has 1 heterocycles. The SMILES string of the molecule is COc1cc(OC)c(C2CCN(C)C2COC(C)=O)c(OC(=O)c2ccc(Br)cc2Br)c1C(C)=O. The average molecular weight is 613 g/mol. The fourth-order valence-electron chi connectivity index (χ4n) is 4.34. The molecule has 0 N–H and O–H groups in total. The number of methoxy groups -OCH3 is 2. The number of Topliss-reactive ketones (excluding diaryl/α,β-unsaturated/α-hetero) is 1. The predicted octanol–water partition coefficient (Wildman–Crippen LogP) is 5.00. The number of carbonyl (C=O) groups is 3. The first kappa shape index (κ1) is 27.2. The highest BCUT2D eigenvalue weighted by Crippen LogP contribution is 2.48. The van der Waals surface area contributed by atoms with E-state index in [0.717, 1.165) is 4.47 Å². The minimum Gasteiger partial charge on any atom is -0.496 e. The van der Waals surface area contributed by atoms with Crippen LogP contribution in [0.3, 0.4) is 0 Å². The lowest BCUT2D eigenvalue weighted by molar-refractivity contribution is -0.142. The van der Waals surface area contributed by atoms with Gasteiger partial charge in [0.1, 0.15) is 23.7 Å². The molecule has 3 rings (SSSR count). The third-order valence-electron chi connectivity index (χ3n) is 6.04. The molecule has 0 amide bonds. The summed E-state index contributed by atoms with van der Waals surface area (Å²) in [7, 11) is 4.87. The lowest BCUT2D eigenvalue weighted by Crippen LogP contribution is -2.34. The van der Waals surface area contributed by atoms with E-state index in [1.165, 1.54) is 28.1 Å². The maximum atomic E-state index is 13.3. The van der Waals surface area contributed by atoms with Gasteiger partial charge in [-0.15, -0.1) is 0 Å². The number of hydrogen-bond donors (Lipinski definition) is 0. The summed E-state index contributed by atoms with van der Waals surface area (Å²) in [5.74, 6) is -0.869. The molecular weight excluding hydrogens is 586 g/mol. The normalized spacial score (nSPS) is 17.7. The van der Waals surface area contributed by atoms with Crippen LogP contribution in [-0.4, -0.2) is 63.1 Å². The van der Waals surface area contributed by atoms with Crippen molar-refractivity contribution in [3.63, 3.8) is 0 Å². The highest BCUT2D eigenvalue weighted by atomic mass is 79.9. The number of nitrogens with zero attached hydrogens (tertiary/aromatic N) is 1. The Bertz CT molecular complexity index is 1150. The number of ether oxygens (including phenoxy) is 4. The fraction of sp³-hybridized carbons (Fsp3) is 0.400. The van der Waals surface area contributed by atoms with Gasteiger partial charge >= 0.3 is 11.9 Å². The lowest BCUT2D eigenvalue weighted by Gasteiger charge is -2.28. The third-order valence-corrected chi connectivity index (χ3v) is 7.18. The molecule has 0 bridgehead atoms. The molecule has 0 saturated carbocycles. The van der Waals surface area contributed by atoms with Crippen LogP contribution in [0, 0.1) is 0 Å². The second-order valence-corrected chi connectivity index (χ2v) is 9.98. The van der Waals surface area contributed by atoms with Crippen molar-refractivity contribution in [2.24, 2.45) is 0 Å². The zero-order valence-electron chi connectivity index (χ0n) is 20.1. The van der Waals surface area contributed by atoms with Crippen molar-refractivity contribution < 1.29 is 33.3 Å². The lowest BCUT2D eigenvalue weighted by atomic mass is 9.87. The van der Waals surface area contributed by atoms with Crippen molar-refractivity contribution in [3.8, 4) is 17.2 Å². The van der Waals surface area contributed by atoms with Gasteiger partial charge in [-0.05, 0) is 61.1 Å². The summed E-state index contributed by atoms with van der Waals surface area (Å²) in [6, 6.07) is 6.49. The summed E-state index contributed by atoms with van der Waals surface area (Å²) in [5.41, 5.74) is 0.989. The van der Waals surface area contributed by atoms with Crippen molar-refractivity contribution in [1.82, 2.24) is 4.90 Å². The summed E-state index contributed by atoms with van der Waals surface area (Å²) in [6.45, 7) is 3.60. The second-order valence-electron chi connectivity index (χ2n) is 8.21. The van der Waals surface area contributed by atoms with Crippen molar-refractivity contribution in [1.29, 1.82) is 0 Å². The maximum Gasteiger partial charge on any atom is 0.344 e. The Hall–Kier alpha value is -2.43. The van der Waals surface area contributed by atoms with Gasteiger partial charge in [0.2, 0.25) is 0 Å². The molecule has 188 valence electrons. The predicted molar refractivity (Wildman–Crippen MR) is 137 cm³/mol. The fourth-order valence-corrected chi connectivity index (χ4v) is 5.55. The number of likely N-dealkylation sites (tertiary alicyclic amines) is 1. The summed E-state index contributed by atoms with van der Waals surface area (Å²) in [5, 5.41) is 0. The number of ketones is 1. The van der Waals surface area contributed by atoms with Crippen LogP contribution in [0.15, 0.2) is 33.2 Å². The van der Waals surface area contributed by atoms with Gasteiger partial charge in [0.25, 0.3) is 0 Å². The Kier molecular flexibility index (Phi) is 8.95. The van der Waals surface area contributed by atoms with E-state index in [9.17, 15) is 14.4 Å². The number of benzene rings is 2. The summed E-state index contributed by atoms with van der Waals surface area (Å²) in [6.07, 6.45) is 0.676. The first-order valence-corrected chi connectivity index (χ1v) is 12.5. The molecule has 1 aliphatic rings. The first-order valence-electron chi connectivity index (χ1n) is 10.9. The Balaban J connectivity index is 2.20. The number of likely N-dealkylation sites (N-methyl/N-ethyl adjacent to an activating group) is 1. The number of esters is 2. The topological polar surface area (TPSA) is 91.4 Å². The molecule has 35 heavy (non-hydrogen) atoms. The average Bonchev–Trinajstić information content (AvgIpc) is 3.15. The molecule has 0 radical (unpaired) electrons. The zero-order chi connectivity index (χ0) is 25.9. The Morgan fingerprint density at radius 1 is 1.06 bits per heavy atom. The number of rotatable bonds is 8. The van der Waals surface area contributed by atoms with Crippen LogP contribution in [0.2, 0.25) is 0 Å². The van der Waals surface area contributed by atoms with Gasteiger partial charge in [-0.1, -0.05) is 15.9 Å². The molecule has 1 aliphatic heterocycles. The smallest absolute Gasteiger partial charge is 0.344 e. The minimum atomic E-state index is -0.647. The zero-order valence-corrected chi connectivity index (χ0v) is 23.3. The van der Waals surface area contributed by atoms with E-state index < -0.39 is 5.97 Å². The van der Waals surface area contributed by atoms with E-state index in [4.69, 9.17) is 18.9 Å². The first-order chi connectivity index (χ1) is 16.6. The van der Waals surface area contributed by atoms with Crippen LogP contribution < -0.4 is 14.2 Å². The molecule has 8 nitrogen and oxygen atoms in total. The minimum absolute atomic E-state index is 0.0849. The van der Waals surface area contributed by atoms with Crippen LogP contribution in [0.25, 0.3) is 0 Å². The second kappa shape index (κ2) is 11.5. The molecular formula is C25H27Br2NO7. The van der Waals surface area contributed by atoms with E-state index in [0.29, 0.717) is 28.8 Å². The van der Waals surface area contributed by atoms with Crippen LogP contribution in [0.4, 0.5) is 0 Å². The Morgan fingerprint density at radius 3 is 2.31 bits per heavy atom. The molecule has 1 fully saturated rings. The van der Waals surface area contributed by atoms with Gasteiger partial charge in [-0.25, -0.2) is 4.79 Å². The molecule has 10 heteroatoms. The number of halogens is 2. The third kappa shape index (κ3) is 5.87. The van der Waals surface area contributed by atoms with E-state index in [2.05, 4.69) is 36.8 Å². The van der Waals surface area contributed by atoms with Crippen LogP contribution >= 0.6 is 31.9 Å². The molecule has 2 aromatic carbocycles. The standard InChI is InChI=1S/C25H27Br2NO7/c1-13(29)22-20(32-4)11-21(33-5)23(17-8-9-28(3)19(17)12-34-14(2)30)24(22)35-25(31)16-7-6-15(26)10-18(16)27/h6-7,10-11,17,19H,8-9,12H2,1-5H3. The van der Waals surface area contributed by atoms with E-state index >= 15 is 0 Å². The van der Waals surface area contributed by atoms with Crippen LogP contribution in [0.1, 0.15) is 52.5 Å². The molecule has 2 unspecified atom stereocenters. The van der Waals surface area contributed by atoms with Crippen LogP contribution in [0.5, 0.6) is 17.2 Å². The van der Waals surface area contributed by atoms with Gasteiger partial charge in [0.15, 0.2) is 11.5 Å². The monoisotopic (exact) mass is 611 g/mol. The van der Waals surface area contributed by atoms with Crippen molar-refractivity contribution in [2.45, 2.75) is 32.2 Å². The van der Waals surface area contributed by atoms with Crippen LogP contribution in [-0.2, 0) is 9.53 Å². The van der Waals surface area contributed by atoms with E-state index in [-0.39, 0.29) is 52.9 Å². The molecule has 0 aromatic heterocycles. The maximum absolute atomic E-state index is 13.3. The Morgan fingerprint density at radius 2 is 1.74 bits per heavy atom. The number of carbonyl (C=O) groups excluding carboxylic acids is 3. The van der Waals surface area contributed by atoms with E-state index in [1.807, 2.05) is 7.05 Å². The van der Waals surface area contributed by atoms with E-state index in [1.54, 1.807) is 24.3 Å². The molecule has 0 spiro atoms. The van der Waals surface area contributed by atoms with Crippen molar-refractivity contribution >= 4 is 49.6 Å². The van der Waals surface area contributed by atoms with Gasteiger partial charge in [-0.3, -0.25) is 14.5 Å². The summed E-state index contributed by atoms with van der Waals surface area (Å²) >= 11 is 6.77. The van der Waals surface area contributed by atoms with Crippen molar-refractivity contribution in [3.05, 3.63) is 49.9 Å². The van der Waals surface area contributed by atoms with Crippen molar-refractivity contribution in [2.75, 3.05) is 34.4 Å². The molecule has 2 atom stereocenters. The quantitative estimate of drug-likeness (QED) is 0.234. The molecule has 0 aliphatic carbocycles. The number of hydrogen-bond acceptors (Lipinski definition) is 8. The molecule has 1 saturated heterocycles. The highest BCUT2D eigenvalue weighted by molar-refractivity contribution is 9.11. The highest BCUT2D eigenvalue weighted by Gasteiger charge is 2.40. The van der Waals surface area contributed by atoms with Gasteiger partial charge in [0.05, 0.1) is 25.8 Å². The van der Waals surface area contributed by atoms with Gasteiger partial charge < -0.3 is 18.9 Å². The summed E-state index contributed by atoms with van der Waals surface area (Å²) < 4.78 is 23.8.